The molecule has 1 amide bonds. The van der Waals surface area contributed by atoms with E-state index >= 15 is 0 Å². The monoisotopic (exact) mass is 276 g/mol. The summed E-state index contributed by atoms with van der Waals surface area (Å²) in [4.78, 5) is 12.3. The van der Waals surface area contributed by atoms with Crippen LogP contribution in [0.15, 0.2) is 24.3 Å². The third-order valence-corrected chi connectivity index (χ3v) is 4.11. The van der Waals surface area contributed by atoms with Crippen molar-refractivity contribution in [2.24, 2.45) is 0 Å². The van der Waals surface area contributed by atoms with Crippen LogP contribution in [0.2, 0.25) is 0 Å². The molecule has 1 aliphatic rings. The van der Waals surface area contributed by atoms with Gasteiger partial charge >= 0.3 is 0 Å². The second kappa shape index (κ2) is 6.75. The van der Waals surface area contributed by atoms with Gasteiger partial charge in [-0.15, -0.1) is 0 Å². The van der Waals surface area contributed by atoms with Crippen molar-refractivity contribution in [1.29, 1.82) is 0 Å². The summed E-state index contributed by atoms with van der Waals surface area (Å²) in [6, 6.07) is 7.28. The third-order valence-electron chi connectivity index (χ3n) is 4.11. The highest BCUT2D eigenvalue weighted by Gasteiger charge is 2.25. The van der Waals surface area contributed by atoms with Gasteiger partial charge in [0.05, 0.1) is 18.1 Å². The average Bonchev–Trinajstić information content (AvgIpc) is 2.63. The molecule has 4 N–H and O–H groups in total. The standard InChI is InChI=1S/C16H24N2O2/c1-11(12-6-5-7-13(17)10-12)16(20)18-14-8-3-2-4-9-15(14)19/h5-7,10-11,14-15,19H,2-4,8-9,17H2,1H3,(H,18,20). The van der Waals surface area contributed by atoms with Crippen LogP contribution in [0.5, 0.6) is 0 Å². The maximum atomic E-state index is 12.3. The number of carbonyl (C=O) groups excluding carboxylic acids is 1. The summed E-state index contributed by atoms with van der Waals surface area (Å²) in [6.07, 6.45) is 4.45. The molecule has 0 bridgehead atoms. The number of nitrogen functional groups attached to an aromatic ring is 1. The zero-order chi connectivity index (χ0) is 14.5. The van der Waals surface area contributed by atoms with Crippen LogP contribution >= 0.6 is 0 Å². The van der Waals surface area contributed by atoms with E-state index in [9.17, 15) is 9.90 Å². The van der Waals surface area contributed by atoms with Crippen molar-refractivity contribution in [2.45, 2.75) is 57.1 Å². The van der Waals surface area contributed by atoms with Gasteiger partial charge in [-0.3, -0.25) is 4.79 Å². The van der Waals surface area contributed by atoms with E-state index in [1.165, 1.54) is 0 Å². The molecule has 1 aromatic carbocycles. The number of amides is 1. The molecule has 20 heavy (non-hydrogen) atoms. The zero-order valence-electron chi connectivity index (χ0n) is 12.0. The van der Waals surface area contributed by atoms with E-state index in [0.29, 0.717) is 5.69 Å². The summed E-state index contributed by atoms with van der Waals surface area (Å²) in [5.74, 6) is -0.296. The van der Waals surface area contributed by atoms with E-state index in [1.807, 2.05) is 31.2 Å². The topological polar surface area (TPSA) is 75.3 Å². The van der Waals surface area contributed by atoms with Crippen LogP contribution in [0.4, 0.5) is 5.69 Å². The van der Waals surface area contributed by atoms with Gasteiger partial charge in [0.15, 0.2) is 0 Å². The van der Waals surface area contributed by atoms with Crippen molar-refractivity contribution in [2.75, 3.05) is 5.73 Å². The summed E-state index contributed by atoms with van der Waals surface area (Å²) in [6.45, 7) is 1.87. The Hall–Kier alpha value is -1.55. The van der Waals surface area contributed by atoms with E-state index in [2.05, 4.69) is 5.32 Å². The van der Waals surface area contributed by atoms with Crippen molar-refractivity contribution in [3.8, 4) is 0 Å². The minimum atomic E-state index is -0.422. The average molecular weight is 276 g/mol. The highest BCUT2D eigenvalue weighted by atomic mass is 16.3. The van der Waals surface area contributed by atoms with Crippen molar-refractivity contribution in [3.05, 3.63) is 29.8 Å². The second-order valence-corrected chi connectivity index (χ2v) is 5.71. The van der Waals surface area contributed by atoms with E-state index < -0.39 is 6.10 Å². The molecule has 1 fully saturated rings. The number of rotatable bonds is 3. The summed E-state index contributed by atoms with van der Waals surface area (Å²) in [7, 11) is 0. The third kappa shape index (κ3) is 3.73. The molecular weight excluding hydrogens is 252 g/mol. The predicted molar refractivity (Wildman–Crippen MR) is 80.3 cm³/mol. The second-order valence-electron chi connectivity index (χ2n) is 5.71. The minimum absolute atomic E-state index is 0.0402. The lowest BCUT2D eigenvalue weighted by Gasteiger charge is -2.24. The Morgan fingerprint density at radius 3 is 2.85 bits per heavy atom. The molecule has 0 aromatic heterocycles. The fourth-order valence-electron chi connectivity index (χ4n) is 2.74. The summed E-state index contributed by atoms with van der Waals surface area (Å²) >= 11 is 0. The molecule has 3 unspecified atom stereocenters. The van der Waals surface area contributed by atoms with Crippen LogP contribution in [0, 0.1) is 0 Å². The van der Waals surface area contributed by atoms with Crippen molar-refractivity contribution >= 4 is 11.6 Å². The first kappa shape index (κ1) is 14.9. The lowest BCUT2D eigenvalue weighted by atomic mass is 9.98. The number of hydrogen-bond donors (Lipinski definition) is 3. The Kier molecular flexibility index (Phi) is 5.01. The maximum Gasteiger partial charge on any atom is 0.227 e. The van der Waals surface area contributed by atoms with Gasteiger partial charge in [0.25, 0.3) is 0 Å². The SMILES string of the molecule is CC(C(=O)NC1CCCCCC1O)c1cccc(N)c1. The Morgan fingerprint density at radius 2 is 2.10 bits per heavy atom. The first-order valence-electron chi connectivity index (χ1n) is 7.42. The molecule has 4 nitrogen and oxygen atoms in total. The maximum absolute atomic E-state index is 12.3. The number of aliphatic hydroxyl groups excluding tert-OH is 1. The smallest absolute Gasteiger partial charge is 0.227 e. The van der Waals surface area contributed by atoms with Gasteiger partial charge in [-0.1, -0.05) is 31.4 Å². The lowest BCUT2D eigenvalue weighted by Crippen LogP contribution is -2.44. The van der Waals surface area contributed by atoms with E-state index in [1.54, 1.807) is 0 Å². The number of nitrogens with two attached hydrogens (primary N) is 1. The summed E-state index contributed by atoms with van der Waals surface area (Å²) in [5, 5.41) is 13.1. The molecule has 2 rings (SSSR count). The molecule has 1 aliphatic carbocycles. The predicted octanol–water partition coefficient (Wildman–Crippen LogP) is 2.18. The van der Waals surface area contributed by atoms with Gasteiger partial charge in [0, 0.05) is 5.69 Å². The number of nitrogens with one attached hydrogen (secondary N) is 1. The highest BCUT2D eigenvalue weighted by molar-refractivity contribution is 5.83. The zero-order valence-corrected chi connectivity index (χ0v) is 12.0. The molecular formula is C16H24N2O2. The highest BCUT2D eigenvalue weighted by Crippen LogP contribution is 2.21. The van der Waals surface area contributed by atoms with Crippen LogP contribution < -0.4 is 11.1 Å². The van der Waals surface area contributed by atoms with Crippen LogP contribution in [0.25, 0.3) is 0 Å². The van der Waals surface area contributed by atoms with Crippen LogP contribution in [-0.4, -0.2) is 23.2 Å². The Labute approximate surface area is 120 Å². The number of carbonyl (C=O) groups is 1. The first-order chi connectivity index (χ1) is 9.58. The van der Waals surface area contributed by atoms with Gasteiger partial charge < -0.3 is 16.2 Å². The Morgan fingerprint density at radius 1 is 1.35 bits per heavy atom. The van der Waals surface area contributed by atoms with E-state index in [-0.39, 0.29) is 17.9 Å². The van der Waals surface area contributed by atoms with Gasteiger partial charge in [-0.2, -0.15) is 0 Å². The fourth-order valence-corrected chi connectivity index (χ4v) is 2.74. The summed E-state index contributed by atoms with van der Waals surface area (Å²) in [5.41, 5.74) is 7.32. The number of hydrogen-bond acceptors (Lipinski definition) is 3. The fraction of sp³-hybridized carbons (Fsp3) is 0.562. The molecule has 0 saturated heterocycles. The van der Waals surface area contributed by atoms with Crippen LogP contribution in [0.3, 0.4) is 0 Å². The van der Waals surface area contributed by atoms with Crippen LogP contribution in [-0.2, 0) is 4.79 Å². The summed E-state index contributed by atoms with van der Waals surface area (Å²) < 4.78 is 0. The Balaban J connectivity index is 2.00. The van der Waals surface area contributed by atoms with E-state index in [4.69, 9.17) is 5.73 Å². The molecule has 4 heteroatoms. The first-order valence-corrected chi connectivity index (χ1v) is 7.42. The molecule has 0 radical (unpaired) electrons. The van der Waals surface area contributed by atoms with Crippen molar-refractivity contribution < 1.29 is 9.90 Å². The minimum Gasteiger partial charge on any atom is -0.399 e. The molecule has 1 aromatic rings. The van der Waals surface area contributed by atoms with Gasteiger partial charge in [-0.25, -0.2) is 0 Å². The molecule has 0 spiro atoms. The molecule has 0 heterocycles. The van der Waals surface area contributed by atoms with Crippen molar-refractivity contribution in [3.63, 3.8) is 0 Å². The number of anilines is 1. The van der Waals surface area contributed by atoms with Gasteiger partial charge in [0.1, 0.15) is 0 Å². The molecule has 0 aliphatic heterocycles. The van der Waals surface area contributed by atoms with Gasteiger partial charge in [-0.05, 0) is 37.5 Å². The van der Waals surface area contributed by atoms with Crippen LogP contribution in [0.1, 0.15) is 50.5 Å². The van der Waals surface area contributed by atoms with Gasteiger partial charge in [0.2, 0.25) is 5.91 Å². The molecule has 1 saturated carbocycles. The quantitative estimate of drug-likeness (QED) is 0.585. The molecule has 110 valence electrons. The lowest BCUT2D eigenvalue weighted by molar-refractivity contribution is -0.123. The normalized spacial score (nSPS) is 24.7. The number of benzene rings is 1. The van der Waals surface area contributed by atoms with E-state index in [0.717, 1.165) is 37.7 Å². The Bertz CT molecular complexity index is 462. The molecule has 3 atom stereocenters. The largest absolute Gasteiger partial charge is 0.399 e. The number of aliphatic hydroxyl groups is 1. The van der Waals surface area contributed by atoms with Crippen molar-refractivity contribution in [1.82, 2.24) is 5.32 Å².